The van der Waals surface area contributed by atoms with E-state index in [-0.39, 0.29) is 18.6 Å². The van der Waals surface area contributed by atoms with Gasteiger partial charge in [-0.3, -0.25) is 0 Å². The van der Waals surface area contributed by atoms with Crippen molar-refractivity contribution in [1.82, 2.24) is 0 Å². The summed E-state index contributed by atoms with van der Waals surface area (Å²) in [5, 5.41) is 37.6. The molecule has 0 aliphatic carbocycles. The summed E-state index contributed by atoms with van der Waals surface area (Å²) < 4.78 is 5.28. The third-order valence-electron chi connectivity index (χ3n) is 2.89. The van der Waals surface area contributed by atoms with Crippen LogP contribution >= 0.6 is 0 Å². The van der Waals surface area contributed by atoms with E-state index in [0.717, 1.165) is 5.56 Å². The molecule has 116 valence electrons. The molecule has 1 rings (SSSR count). The van der Waals surface area contributed by atoms with Crippen molar-refractivity contribution < 1.29 is 30.0 Å². The van der Waals surface area contributed by atoms with Crippen LogP contribution < -0.4 is 0 Å². The molecular weight excluding hydrogens is 276 g/mol. The second-order valence-corrected chi connectivity index (χ2v) is 4.65. The van der Waals surface area contributed by atoms with Crippen LogP contribution in [-0.2, 0) is 9.53 Å². The fourth-order valence-corrected chi connectivity index (χ4v) is 1.73. The van der Waals surface area contributed by atoms with Crippen molar-refractivity contribution in [2.75, 3.05) is 6.61 Å². The number of hydrogen-bond donors (Lipinski definition) is 4. The van der Waals surface area contributed by atoms with Gasteiger partial charge < -0.3 is 30.0 Å². The van der Waals surface area contributed by atoms with E-state index in [1.165, 1.54) is 6.92 Å². The third kappa shape index (κ3) is 5.65. The lowest BCUT2D eigenvalue weighted by atomic mass is 10.0. The van der Waals surface area contributed by atoms with Gasteiger partial charge >= 0.3 is 0 Å². The van der Waals surface area contributed by atoms with Gasteiger partial charge in [-0.1, -0.05) is 24.3 Å². The van der Waals surface area contributed by atoms with E-state index in [2.05, 4.69) is 0 Å². The molecule has 0 bridgehead atoms. The summed E-state index contributed by atoms with van der Waals surface area (Å²) in [7, 11) is 0. The number of aldehydes is 1. The Bertz CT molecular complexity index is 454. The Balaban J connectivity index is 2.54. The molecule has 0 radical (unpaired) electrons. The van der Waals surface area contributed by atoms with Gasteiger partial charge in [-0.15, -0.1) is 0 Å². The summed E-state index contributed by atoms with van der Waals surface area (Å²) in [6, 6.07) is 6.51. The second-order valence-electron chi connectivity index (χ2n) is 4.65. The normalized spacial score (nSPS) is 17.3. The van der Waals surface area contributed by atoms with E-state index >= 15 is 0 Å². The Hall–Kier alpha value is -1.73. The Labute approximate surface area is 122 Å². The topological polar surface area (TPSA) is 107 Å². The molecule has 6 nitrogen and oxygen atoms in total. The van der Waals surface area contributed by atoms with Gasteiger partial charge in [0.05, 0.1) is 12.7 Å². The number of benzene rings is 1. The summed E-state index contributed by atoms with van der Waals surface area (Å²) in [5.41, 5.74) is 0.846. The van der Waals surface area contributed by atoms with Crippen LogP contribution in [0.4, 0.5) is 0 Å². The molecule has 0 unspecified atom stereocenters. The molecule has 1 aromatic carbocycles. The maximum atomic E-state index is 10.4. The molecule has 0 saturated heterocycles. The molecule has 0 heterocycles. The average molecular weight is 296 g/mol. The molecular formula is C15H20O6. The molecule has 4 N–H and O–H groups in total. The minimum absolute atomic E-state index is 0.0824. The lowest BCUT2D eigenvalue weighted by Crippen LogP contribution is -2.45. The number of hydrogen-bond acceptors (Lipinski definition) is 6. The quantitative estimate of drug-likeness (QED) is 0.507. The Morgan fingerprint density at radius 3 is 2.33 bits per heavy atom. The van der Waals surface area contributed by atoms with Gasteiger partial charge in [0.25, 0.3) is 0 Å². The predicted molar refractivity (Wildman–Crippen MR) is 76.6 cm³/mol. The molecule has 0 spiro atoms. The largest absolute Gasteiger partial charge is 0.508 e. The van der Waals surface area contributed by atoms with Crippen molar-refractivity contribution in [3.63, 3.8) is 0 Å². The first-order chi connectivity index (χ1) is 9.95. The van der Waals surface area contributed by atoms with E-state index in [1.54, 1.807) is 36.4 Å². The number of aliphatic hydroxyl groups is 3. The SMILES string of the molecule is C[C@H](O)[C@H](OC/C=C/c1ccc(O)cc1)[C@@H](O)[C@@H](O)C=O. The van der Waals surface area contributed by atoms with Crippen molar-refractivity contribution in [2.24, 2.45) is 0 Å². The number of carbonyl (C=O) groups excluding carboxylic acids is 1. The average Bonchev–Trinajstić information content (AvgIpc) is 2.47. The van der Waals surface area contributed by atoms with Crippen LogP contribution in [0.5, 0.6) is 5.75 Å². The van der Waals surface area contributed by atoms with Crippen LogP contribution in [0, 0.1) is 0 Å². The maximum Gasteiger partial charge on any atom is 0.151 e. The first-order valence-electron chi connectivity index (χ1n) is 6.52. The number of aromatic hydroxyl groups is 1. The van der Waals surface area contributed by atoms with Crippen LogP contribution in [0.3, 0.4) is 0 Å². The zero-order valence-corrected chi connectivity index (χ0v) is 11.7. The van der Waals surface area contributed by atoms with Crippen molar-refractivity contribution >= 4 is 12.4 Å². The van der Waals surface area contributed by atoms with Crippen molar-refractivity contribution in [2.45, 2.75) is 31.3 Å². The number of phenolic OH excluding ortho intramolecular Hbond substituents is 1. The molecule has 0 aromatic heterocycles. The molecule has 0 fully saturated rings. The van der Waals surface area contributed by atoms with Crippen LogP contribution in [0.15, 0.2) is 30.3 Å². The number of rotatable bonds is 8. The maximum absolute atomic E-state index is 10.4. The monoisotopic (exact) mass is 296 g/mol. The van der Waals surface area contributed by atoms with E-state index in [1.807, 2.05) is 0 Å². The van der Waals surface area contributed by atoms with Crippen LogP contribution in [0.1, 0.15) is 12.5 Å². The van der Waals surface area contributed by atoms with Gasteiger partial charge in [0.1, 0.15) is 24.1 Å². The molecule has 0 saturated carbocycles. The van der Waals surface area contributed by atoms with E-state index in [9.17, 15) is 20.1 Å². The Kier molecular flexibility index (Phi) is 7.04. The minimum Gasteiger partial charge on any atom is -0.508 e. The van der Waals surface area contributed by atoms with Crippen LogP contribution in [0.25, 0.3) is 6.08 Å². The van der Waals surface area contributed by atoms with Crippen molar-refractivity contribution in [3.05, 3.63) is 35.9 Å². The van der Waals surface area contributed by atoms with Crippen LogP contribution in [-0.4, -0.2) is 57.7 Å². The van der Waals surface area contributed by atoms with Gasteiger partial charge in [0, 0.05) is 0 Å². The fourth-order valence-electron chi connectivity index (χ4n) is 1.73. The summed E-state index contributed by atoms with van der Waals surface area (Å²) in [5.74, 6) is 0.170. The summed E-state index contributed by atoms with van der Waals surface area (Å²) in [6.07, 6.45) is -1.64. The predicted octanol–water partition coefficient (Wildman–Crippen LogP) is 0.0921. The lowest BCUT2D eigenvalue weighted by Gasteiger charge is -2.26. The highest BCUT2D eigenvalue weighted by Gasteiger charge is 2.30. The molecule has 0 aliphatic heterocycles. The second kappa shape index (κ2) is 8.53. The molecule has 1 aromatic rings. The van der Waals surface area contributed by atoms with Crippen molar-refractivity contribution in [1.29, 1.82) is 0 Å². The lowest BCUT2D eigenvalue weighted by molar-refractivity contribution is -0.140. The van der Waals surface area contributed by atoms with Gasteiger partial charge in [-0.05, 0) is 24.6 Å². The summed E-state index contributed by atoms with van der Waals surface area (Å²) in [6.45, 7) is 1.48. The van der Waals surface area contributed by atoms with Crippen molar-refractivity contribution in [3.8, 4) is 5.75 Å². The van der Waals surface area contributed by atoms with E-state index in [0.29, 0.717) is 0 Å². The molecule has 4 atom stereocenters. The smallest absolute Gasteiger partial charge is 0.151 e. The van der Waals surface area contributed by atoms with Gasteiger partial charge in [-0.25, -0.2) is 0 Å². The standard InChI is InChI=1S/C15H20O6/c1-10(17)15(14(20)13(19)9-16)21-8-2-3-11-4-6-12(18)7-5-11/h2-7,9-10,13-15,17-20H,8H2,1H3/b3-2+/t10-,13-,14-,15-/m0/s1. The molecule has 21 heavy (non-hydrogen) atoms. The number of ether oxygens (including phenoxy) is 1. The summed E-state index contributed by atoms with van der Waals surface area (Å²) >= 11 is 0. The van der Waals surface area contributed by atoms with Gasteiger partial charge in [-0.2, -0.15) is 0 Å². The van der Waals surface area contributed by atoms with Crippen LogP contribution in [0.2, 0.25) is 0 Å². The highest BCUT2D eigenvalue weighted by Crippen LogP contribution is 2.12. The fraction of sp³-hybridized carbons (Fsp3) is 0.400. The minimum atomic E-state index is -1.61. The van der Waals surface area contributed by atoms with E-state index in [4.69, 9.17) is 9.84 Å². The van der Waals surface area contributed by atoms with Gasteiger partial charge in [0.2, 0.25) is 0 Å². The first kappa shape index (κ1) is 17.3. The zero-order chi connectivity index (χ0) is 15.8. The highest BCUT2D eigenvalue weighted by molar-refractivity contribution is 5.56. The Morgan fingerprint density at radius 1 is 1.19 bits per heavy atom. The molecule has 0 aliphatic rings. The number of carbonyl (C=O) groups is 1. The highest BCUT2D eigenvalue weighted by atomic mass is 16.5. The van der Waals surface area contributed by atoms with E-state index < -0.39 is 24.4 Å². The molecule has 6 heteroatoms. The number of aliphatic hydroxyl groups excluding tert-OH is 3. The summed E-state index contributed by atoms with van der Waals surface area (Å²) in [4.78, 5) is 10.4. The van der Waals surface area contributed by atoms with Gasteiger partial charge in [0.15, 0.2) is 6.29 Å². The third-order valence-corrected chi connectivity index (χ3v) is 2.89. The zero-order valence-electron chi connectivity index (χ0n) is 11.7. The first-order valence-corrected chi connectivity index (χ1v) is 6.52. The molecule has 0 amide bonds. The number of phenols is 1. The Morgan fingerprint density at radius 2 is 1.81 bits per heavy atom.